The zero-order valence-electron chi connectivity index (χ0n) is 8.37. The zero-order chi connectivity index (χ0) is 11.6. The quantitative estimate of drug-likeness (QED) is 0.836. The number of benzene rings is 1. The van der Waals surface area contributed by atoms with Crippen LogP contribution in [0.15, 0.2) is 53.7 Å². The summed E-state index contributed by atoms with van der Waals surface area (Å²) in [5, 5.41) is 5.11. The molecule has 0 radical (unpaired) electrons. The zero-order valence-corrected chi connectivity index (χ0v) is 9.18. The van der Waals surface area contributed by atoms with E-state index in [2.05, 4.69) is 5.43 Å². The minimum absolute atomic E-state index is 0.0729. The summed E-state index contributed by atoms with van der Waals surface area (Å²) in [6.45, 7) is 0. The summed E-state index contributed by atoms with van der Waals surface area (Å²) < 4.78 is 24.3. The lowest BCUT2D eigenvalue weighted by molar-refractivity contribution is 0.598. The van der Waals surface area contributed by atoms with Crippen LogP contribution in [0.3, 0.4) is 0 Å². The van der Waals surface area contributed by atoms with Crippen molar-refractivity contribution in [1.29, 1.82) is 0 Å². The molecule has 1 heterocycles. The normalized spacial score (nSPS) is 11.3. The molecule has 6 heteroatoms. The molecular weight excluding hydrogens is 226 g/mol. The molecule has 2 aromatic rings. The average Bonchev–Trinajstić information content (AvgIpc) is 2.70. The standard InChI is InChI=1S/C10H11N3O2S/c11-16(14,15)10-6-2-1-5-9(10)12-13-7-3-4-8-13/h1-8,12H,(H2,11,14,15). The average molecular weight is 237 g/mol. The highest BCUT2D eigenvalue weighted by atomic mass is 32.2. The van der Waals surface area contributed by atoms with Crippen molar-refractivity contribution in [3.63, 3.8) is 0 Å². The van der Waals surface area contributed by atoms with Gasteiger partial charge < -0.3 is 0 Å². The van der Waals surface area contributed by atoms with Crippen molar-refractivity contribution in [1.82, 2.24) is 4.68 Å². The Hall–Kier alpha value is -1.79. The number of rotatable bonds is 3. The van der Waals surface area contributed by atoms with E-state index in [-0.39, 0.29) is 4.90 Å². The first-order valence-electron chi connectivity index (χ1n) is 4.59. The molecule has 1 aromatic carbocycles. The van der Waals surface area contributed by atoms with Crippen LogP contribution in [0, 0.1) is 0 Å². The van der Waals surface area contributed by atoms with Crippen LogP contribution in [0.25, 0.3) is 0 Å². The van der Waals surface area contributed by atoms with Crippen molar-refractivity contribution in [2.45, 2.75) is 4.90 Å². The largest absolute Gasteiger partial charge is 0.294 e. The second-order valence-electron chi connectivity index (χ2n) is 3.24. The van der Waals surface area contributed by atoms with Crippen LogP contribution in [0.2, 0.25) is 0 Å². The molecular formula is C10H11N3O2S. The van der Waals surface area contributed by atoms with Gasteiger partial charge in [0.05, 0.1) is 5.69 Å². The smallest absolute Gasteiger partial charge is 0.240 e. The van der Waals surface area contributed by atoms with Crippen molar-refractivity contribution in [2.75, 3.05) is 5.43 Å². The van der Waals surface area contributed by atoms with Gasteiger partial charge in [0.25, 0.3) is 0 Å². The summed E-state index contributed by atoms with van der Waals surface area (Å²) in [6, 6.07) is 10.1. The fourth-order valence-electron chi connectivity index (χ4n) is 1.36. The highest BCUT2D eigenvalue weighted by molar-refractivity contribution is 7.89. The number of primary sulfonamides is 1. The highest BCUT2D eigenvalue weighted by Gasteiger charge is 2.12. The third kappa shape index (κ3) is 2.23. The van der Waals surface area contributed by atoms with Crippen LogP contribution in [-0.4, -0.2) is 13.1 Å². The Kier molecular flexibility index (Phi) is 2.67. The molecule has 0 saturated carbocycles. The number of hydrogen-bond donors (Lipinski definition) is 2. The van der Waals surface area contributed by atoms with Gasteiger partial charge in [-0.3, -0.25) is 10.1 Å². The van der Waals surface area contributed by atoms with E-state index in [0.29, 0.717) is 5.69 Å². The first-order valence-corrected chi connectivity index (χ1v) is 6.14. The maximum Gasteiger partial charge on any atom is 0.240 e. The number of para-hydroxylation sites is 1. The molecule has 0 unspecified atom stereocenters. The Morgan fingerprint density at radius 2 is 1.69 bits per heavy atom. The summed E-state index contributed by atoms with van der Waals surface area (Å²) in [5.41, 5.74) is 3.36. The SMILES string of the molecule is NS(=O)(=O)c1ccccc1Nn1cccc1. The maximum absolute atomic E-state index is 11.3. The molecule has 5 nitrogen and oxygen atoms in total. The van der Waals surface area contributed by atoms with E-state index in [1.54, 1.807) is 35.3 Å². The molecule has 0 saturated heterocycles. The molecule has 1 aromatic heterocycles. The number of nitrogens with two attached hydrogens (primary N) is 1. The van der Waals surface area contributed by atoms with E-state index in [0.717, 1.165) is 0 Å². The predicted molar refractivity (Wildman–Crippen MR) is 61.3 cm³/mol. The number of aromatic nitrogens is 1. The van der Waals surface area contributed by atoms with Crippen LogP contribution < -0.4 is 10.6 Å². The van der Waals surface area contributed by atoms with Gasteiger partial charge in [-0.2, -0.15) is 0 Å². The summed E-state index contributed by atoms with van der Waals surface area (Å²) >= 11 is 0. The molecule has 0 fully saturated rings. The Bertz CT molecular complexity index is 576. The third-order valence-corrected chi connectivity index (χ3v) is 3.02. The van der Waals surface area contributed by atoms with Crippen LogP contribution in [0.1, 0.15) is 0 Å². The van der Waals surface area contributed by atoms with Gasteiger partial charge in [0.15, 0.2) is 0 Å². The number of sulfonamides is 1. The minimum atomic E-state index is -3.71. The van der Waals surface area contributed by atoms with E-state index < -0.39 is 10.0 Å². The topological polar surface area (TPSA) is 77.1 Å². The monoisotopic (exact) mass is 237 g/mol. The lowest BCUT2D eigenvalue weighted by Crippen LogP contribution is -2.16. The molecule has 0 atom stereocenters. The van der Waals surface area contributed by atoms with Crippen molar-refractivity contribution in [3.8, 4) is 0 Å². The van der Waals surface area contributed by atoms with E-state index in [4.69, 9.17) is 5.14 Å². The van der Waals surface area contributed by atoms with Gasteiger partial charge in [-0.05, 0) is 24.3 Å². The van der Waals surface area contributed by atoms with Crippen molar-refractivity contribution in [2.24, 2.45) is 5.14 Å². The molecule has 0 bridgehead atoms. The van der Waals surface area contributed by atoms with Gasteiger partial charge >= 0.3 is 0 Å². The third-order valence-electron chi connectivity index (χ3n) is 2.05. The van der Waals surface area contributed by atoms with Gasteiger partial charge in [0.1, 0.15) is 4.90 Å². The van der Waals surface area contributed by atoms with Crippen molar-refractivity contribution in [3.05, 3.63) is 48.8 Å². The first-order chi connectivity index (χ1) is 7.57. The van der Waals surface area contributed by atoms with Gasteiger partial charge in [-0.15, -0.1) is 0 Å². The van der Waals surface area contributed by atoms with Crippen LogP contribution >= 0.6 is 0 Å². The van der Waals surface area contributed by atoms with E-state index in [1.807, 2.05) is 12.1 Å². The molecule has 16 heavy (non-hydrogen) atoms. The molecule has 3 N–H and O–H groups in total. The molecule has 84 valence electrons. The van der Waals surface area contributed by atoms with E-state index >= 15 is 0 Å². The van der Waals surface area contributed by atoms with Gasteiger partial charge in [-0.1, -0.05) is 12.1 Å². The molecule has 0 aliphatic heterocycles. The van der Waals surface area contributed by atoms with Crippen LogP contribution in [-0.2, 0) is 10.0 Å². The molecule has 0 aliphatic carbocycles. The fourth-order valence-corrected chi connectivity index (χ4v) is 2.04. The van der Waals surface area contributed by atoms with Gasteiger partial charge in [0.2, 0.25) is 10.0 Å². The number of anilines is 1. The first kappa shape index (κ1) is 10.7. The van der Waals surface area contributed by atoms with Crippen molar-refractivity contribution >= 4 is 15.7 Å². The van der Waals surface area contributed by atoms with Gasteiger partial charge in [0, 0.05) is 12.4 Å². The molecule has 2 rings (SSSR count). The number of nitrogens with zero attached hydrogens (tertiary/aromatic N) is 1. The predicted octanol–water partition coefficient (Wildman–Crippen LogP) is 1.01. The van der Waals surface area contributed by atoms with Gasteiger partial charge in [-0.25, -0.2) is 13.6 Å². The second-order valence-corrected chi connectivity index (χ2v) is 4.77. The molecule has 0 amide bonds. The number of nitrogens with one attached hydrogen (secondary N) is 1. The maximum atomic E-state index is 11.3. The molecule has 0 spiro atoms. The summed E-state index contributed by atoms with van der Waals surface area (Å²) in [7, 11) is -3.71. The Balaban J connectivity index is 2.42. The van der Waals surface area contributed by atoms with E-state index in [9.17, 15) is 8.42 Å². The summed E-state index contributed by atoms with van der Waals surface area (Å²) in [5.74, 6) is 0. The van der Waals surface area contributed by atoms with Crippen molar-refractivity contribution < 1.29 is 8.42 Å². The molecule has 0 aliphatic rings. The van der Waals surface area contributed by atoms with E-state index in [1.165, 1.54) is 6.07 Å². The van der Waals surface area contributed by atoms with Crippen LogP contribution in [0.5, 0.6) is 0 Å². The number of hydrogen-bond acceptors (Lipinski definition) is 3. The Labute approximate surface area is 93.5 Å². The Morgan fingerprint density at radius 1 is 1.06 bits per heavy atom. The highest BCUT2D eigenvalue weighted by Crippen LogP contribution is 2.19. The second kappa shape index (κ2) is 3.99. The summed E-state index contributed by atoms with van der Waals surface area (Å²) in [4.78, 5) is 0.0729. The Morgan fingerprint density at radius 3 is 2.31 bits per heavy atom. The van der Waals surface area contributed by atoms with Crippen LogP contribution in [0.4, 0.5) is 5.69 Å². The minimum Gasteiger partial charge on any atom is -0.294 e. The lowest BCUT2D eigenvalue weighted by Gasteiger charge is -2.10. The lowest BCUT2D eigenvalue weighted by atomic mass is 10.3. The summed E-state index contributed by atoms with van der Waals surface area (Å²) in [6.07, 6.45) is 3.53. The fraction of sp³-hybridized carbons (Fsp3) is 0.